The van der Waals surface area contributed by atoms with E-state index in [0.29, 0.717) is 17.9 Å². The minimum atomic E-state index is -0.562. The normalized spacial score (nSPS) is 18.4. The highest BCUT2D eigenvalue weighted by atomic mass is 16.5. The molecule has 0 radical (unpaired) electrons. The molecule has 2 aromatic rings. The van der Waals surface area contributed by atoms with Crippen molar-refractivity contribution in [1.82, 2.24) is 15.1 Å². The van der Waals surface area contributed by atoms with Crippen molar-refractivity contribution in [3.05, 3.63) is 47.3 Å². The van der Waals surface area contributed by atoms with Crippen molar-refractivity contribution in [2.24, 2.45) is 0 Å². The van der Waals surface area contributed by atoms with Crippen LogP contribution in [0.3, 0.4) is 0 Å². The van der Waals surface area contributed by atoms with Gasteiger partial charge in [0.2, 0.25) is 0 Å². The number of aromatic nitrogens is 2. The van der Waals surface area contributed by atoms with Gasteiger partial charge in [-0.2, -0.15) is 10.4 Å². The fraction of sp³-hybridized carbons (Fsp3) is 0.421. The van der Waals surface area contributed by atoms with E-state index in [4.69, 9.17) is 10.00 Å². The molecular formula is C19H22N4O2. The predicted molar refractivity (Wildman–Crippen MR) is 93.1 cm³/mol. The van der Waals surface area contributed by atoms with Crippen LogP contribution >= 0.6 is 0 Å². The van der Waals surface area contributed by atoms with Crippen LogP contribution in [0.4, 0.5) is 0 Å². The van der Waals surface area contributed by atoms with Gasteiger partial charge in [0.1, 0.15) is 5.75 Å². The van der Waals surface area contributed by atoms with E-state index in [2.05, 4.69) is 22.3 Å². The monoisotopic (exact) mass is 338 g/mol. The summed E-state index contributed by atoms with van der Waals surface area (Å²) in [6.45, 7) is 5.17. The van der Waals surface area contributed by atoms with Crippen molar-refractivity contribution in [2.45, 2.75) is 38.7 Å². The summed E-state index contributed by atoms with van der Waals surface area (Å²) in [5.41, 5.74) is 2.63. The molecule has 6 heteroatoms. The van der Waals surface area contributed by atoms with Gasteiger partial charge < -0.3 is 9.64 Å². The molecule has 0 unspecified atom stereocenters. The van der Waals surface area contributed by atoms with E-state index >= 15 is 0 Å². The Morgan fingerprint density at radius 3 is 2.84 bits per heavy atom. The standard InChI is InChI=1S/C19H22N4O2/c1-13-10-18(22-21-13)16-4-3-9-23(12-16)19(24)14(2)25-17-7-5-15(11-20)6-8-17/h5-8,10,14,16H,3-4,9,12H2,1-2H3,(H,21,22)/t14-,16+/m1/s1. The Morgan fingerprint density at radius 1 is 1.44 bits per heavy atom. The largest absolute Gasteiger partial charge is 0.481 e. The number of likely N-dealkylation sites (tertiary alicyclic amines) is 1. The summed E-state index contributed by atoms with van der Waals surface area (Å²) in [7, 11) is 0. The average Bonchev–Trinajstić information content (AvgIpc) is 3.08. The molecule has 1 aromatic carbocycles. The molecule has 1 amide bonds. The number of H-pyrrole nitrogens is 1. The zero-order valence-corrected chi connectivity index (χ0v) is 14.5. The SMILES string of the molecule is Cc1cc([C@H]2CCCN(C(=O)[C@@H](C)Oc3ccc(C#N)cc3)C2)n[nH]1. The summed E-state index contributed by atoms with van der Waals surface area (Å²) >= 11 is 0. The van der Waals surface area contributed by atoms with E-state index in [1.54, 1.807) is 31.2 Å². The Kier molecular flexibility index (Phi) is 5.03. The molecule has 1 aliphatic heterocycles. The van der Waals surface area contributed by atoms with Crippen LogP contribution < -0.4 is 4.74 Å². The molecule has 1 fully saturated rings. The van der Waals surface area contributed by atoms with Gasteiger partial charge in [-0.15, -0.1) is 0 Å². The van der Waals surface area contributed by atoms with Crippen molar-refractivity contribution in [2.75, 3.05) is 13.1 Å². The Labute approximate surface area is 147 Å². The summed E-state index contributed by atoms with van der Waals surface area (Å²) in [5, 5.41) is 16.1. The number of aryl methyl sites for hydroxylation is 1. The molecule has 2 heterocycles. The van der Waals surface area contributed by atoms with Gasteiger partial charge in [-0.1, -0.05) is 0 Å². The second-order valence-electron chi connectivity index (χ2n) is 6.50. The Morgan fingerprint density at radius 2 is 2.20 bits per heavy atom. The number of benzene rings is 1. The lowest BCUT2D eigenvalue weighted by Gasteiger charge is -2.33. The smallest absolute Gasteiger partial charge is 0.263 e. The van der Waals surface area contributed by atoms with Crippen LogP contribution in [-0.2, 0) is 4.79 Å². The highest BCUT2D eigenvalue weighted by Gasteiger charge is 2.29. The molecule has 1 aliphatic rings. The summed E-state index contributed by atoms with van der Waals surface area (Å²) in [6.07, 6.45) is 1.44. The van der Waals surface area contributed by atoms with Crippen LogP contribution in [0.2, 0.25) is 0 Å². The third-order valence-electron chi connectivity index (χ3n) is 4.52. The van der Waals surface area contributed by atoms with Gasteiger partial charge in [-0.05, 0) is 57.0 Å². The quantitative estimate of drug-likeness (QED) is 0.929. The highest BCUT2D eigenvalue weighted by molar-refractivity contribution is 5.81. The van der Waals surface area contributed by atoms with Gasteiger partial charge in [0, 0.05) is 24.7 Å². The average molecular weight is 338 g/mol. The number of nitriles is 1. The first-order valence-corrected chi connectivity index (χ1v) is 8.54. The Bertz CT molecular complexity index is 775. The number of hydrogen-bond acceptors (Lipinski definition) is 4. The predicted octanol–water partition coefficient (Wildman–Crippen LogP) is 2.76. The second-order valence-corrected chi connectivity index (χ2v) is 6.50. The topological polar surface area (TPSA) is 82.0 Å². The number of ether oxygens (including phenoxy) is 1. The van der Waals surface area contributed by atoms with Crippen LogP contribution in [-0.4, -0.2) is 40.2 Å². The molecule has 6 nitrogen and oxygen atoms in total. The van der Waals surface area contributed by atoms with E-state index in [-0.39, 0.29) is 11.8 Å². The molecule has 0 bridgehead atoms. The van der Waals surface area contributed by atoms with Crippen molar-refractivity contribution < 1.29 is 9.53 Å². The highest BCUT2D eigenvalue weighted by Crippen LogP contribution is 2.26. The molecule has 0 saturated carbocycles. The first-order valence-electron chi connectivity index (χ1n) is 8.54. The van der Waals surface area contributed by atoms with E-state index in [1.165, 1.54) is 0 Å². The zero-order valence-electron chi connectivity index (χ0n) is 14.5. The maximum Gasteiger partial charge on any atom is 0.263 e. The van der Waals surface area contributed by atoms with Crippen molar-refractivity contribution in [3.63, 3.8) is 0 Å². The van der Waals surface area contributed by atoms with Gasteiger partial charge in [0.15, 0.2) is 6.10 Å². The number of amides is 1. The van der Waals surface area contributed by atoms with Crippen LogP contribution in [0, 0.1) is 18.3 Å². The Balaban J connectivity index is 1.61. The van der Waals surface area contributed by atoms with Gasteiger partial charge in [-0.3, -0.25) is 9.89 Å². The van der Waals surface area contributed by atoms with Crippen molar-refractivity contribution >= 4 is 5.91 Å². The van der Waals surface area contributed by atoms with Gasteiger partial charge >= 0.3 is 0 Å². The summed E-state index contributed by atoms with van der Waals surface area (Å²) in [6, 6.07) is 10.9. The van der Waals surface area contributed by atoms with E-state index in [9.17, 15) is 4.79 Å². The van der Waals surface area contributed by atoms with Crippen LogP contribution in [0.5, 0.6) is 5.75 Å². The van der Waals surface area contributed by atoms with E-state index < -0.39 is 6.10 Å². The fourth-order valence-corrected chi connectivity index (χ4v) is 3.19. The number of carbonyl (C=O) groups is 1. The maximum absolute atomic E-state index is 12.7. The fourth-order valence-electron chi connectivity index (χ4n) is 3.19. The molecule has 0 spiro atoms. The minimum Gasteiger partial charge on any atom is -0.481 e. The van der Waals surface area contributed by atoms with Crippen molar-refractivity contribution in [1.29, 1.82) is 5.26 Å². The van der Waals surface area contributed by atoms with E-state index in [1.807, 2.05) is 11.8 Å². The lowest BCUT2D eigenvalue weighted by Crippen LogP contribution is -2.45. The number of nitrogens with zero attached hydrogens (tertiary/aromatic N) is 3. The zero-order chi connectivity index (χ0) is 17.8. The molecule has 1 N–H and O–H groups in total. The van der Waals surface area contributed by atoms with Gasteiger partial charge in [-0.25, -0.2) is 0 Å². The van der Waals surface area contributed by atoms with Crippen LogP contribution in [0.1, 0.15) is 42.6 Å². The summed E-state index contributed by atoms with van der Waals surface area (Å²) < 4.78 is 5.75. The molecule has 25 heavy (non-hydrogen) atoms. The molecule has 130 valence electrons. The first kappa shape index (κ1) is 17.0. The summed E-state index contributed by atoms with van der Waals surface area (Å²) in [4.78, 5) is 14.6. The number of carbonyl (C=O) groups excluding carboxylic acids is 1. The van der Waals surface area contributed by atoms with Gasteiger partial charge in [0.25, 0.3) is 5.91 Å². The number of piperidine rings is 1. The lowest BCUT2D eigenvalue weighted by molar-refractivity contribution is -0.139. The third kappa shape index (κ3) is 4.00. The molecule has 1 aromatic heterocycles. The third-order valence-corrected chi connectivity index (χ3v) is 4.52. The second kappa shape index (κ2) is 7.39. The molecular weight excluding hydrogens is 316 g/mol. The van der Waals surface area contributed by atoms with Crippen molar-refractivity contribution in [3.8, 4) is 11.8 Å². The van der Waals surface area contributed by atoms with Gasteiger partial charge in [0.05, 0.1) is 17.3 Å². The molecule has 0 aliphatic carbocycles. The minimum absolute atomic E-state index is 0.0127. The molecule has 3 rings (SSSR count). The lowest BCUT2D eigenvalue weighted by atomic mass is 9.94. The number of aromatic amines is 1. The number of nitrogens with one attached hydrogen (secondary N) is 1. The molecule has 1 saturated heterocycles. The van der Waals surface area contributed by atoms with Crippen LogP contribution in [0.15, 0.2) is 30.3 Å². The van der Waals surface area contributed by atoms with E-state index in [0.717, 1.165) is 30.8 Å². The first-order chi connectivity index (χ1) is 12.1. The molecule has 2 atom stereocenters. The maximum atomic E-state index is 12.7. The van der Waals surface area contributed by atoms with Crippen LogP contribution in [0.25, 0.3) is 0 Å². The number of hydrogen-bond donors (Lipinski definition) is 1. The Hall–Kier alpha value is -2.81. The number of rotatable bonds is 4. The summed E-state index contributed by atoms with van der Waals surface area (Å²) in [5.74, 6) is 0.849.